The number of carbonyl (C=O) groups is 2. The number of thiophene rings is 1. The van der Waals surface area contributed by atoms with Crippen LogP contribution in [-0.4, -0.2) is 37.9 Å². The van der Waals surface area contributed by atoms with Crippen molar-refractivity contribution < 1.29 is 9.59 Å². The van der Waals surface area contributed by atoms with Gasteiger partial charge in [-0.2, -0.15) is 10.2 Å². The summed E-state index contributed by atoms with van der Waals surface area (Å²) in [6.45, 7) is 1.02. The van der Waals surface area contributed by atoms with Crippen molar-refractivity contribution in [2.75, 3.05) is 11.9 Å². The van der Waals surface area contributed by atoms with Crippen molar-refractivity contribution >= 4 is 29.0 Å². The van der Waals surface area contributed by atoms with Crippen LogP contribution in [-0.2, 0) is 13.6 Å². The lowest BCUT2D eigenvalue weighted by molar-refractivity contribution is 0.0945. The van der Waals surface area contributed by atoms with Gasteiger partial charge >= 0.3 is 0 Å². The largest absolute Gasteiger partial charge is 0.349 e. The molecule has 0 saturated heterocycles. The molecule has 124 valence electrons. The van der Waals surface area contributed by atoms with Crippen molar-refractivity contribution in [1.82, 2.24) is 24.9 Å². The molecule has 0 atom stereocenters. The van der Waals surface area contributed by atoms with E-state index in [2.05, 4.69) is 20.8 Å². The molecule has 0 aromatic carbocycles. The third kappa shape index (κ3) is 3.69. The van der Waals surface area contributed by atoms with Gasteiger partial charge in [0.05, 0.1) is 11.4 Å². The molecule has 0 bridgehead atoms. The van der Waals surface area contributed by atoms with Gasteiger partial charge in [-0.3, -0.25) is 19.0 Å². The van der Waals surface area contributed by atoms with Crippen molar-refractivity contribution in [2.24, 2.45) is 7.05 Å². The first-order chi connectivity index (χ1) is 11.6. The molecule has 0 fully saturated rings. The molecule has 8 nitrogen and oxygen atoms in total. The molecule has 3 rings (SSSR count). The van der Waals surface area contributed by atoms with Crippen molar-refractivity contribution in [1.29, 1.82) is 0 Å². The fourth-order valence-electron chi connectivity index (χ4n) is 2.09. The molecule has 0 spiro atoms. The van der Waals surface area contributed by atoms with E-state index in [1.807, 2.05) is 17.6 Å². The van der Waals surface area contributed by atoms with Gasteiger partial charge in [0.25, 0.3) is 11.8 Å². The van der Waals surface area contributed by atoms with Crippen LogP contribution in [0.5, 0.6) is 0 Å². The lowest BCUT2D eigenvalue weighted by Gasteiger charge is -2.03. The molecule has 3 heterocycles. The highest BCUT2D eigenvalue weighted by Crippen LogP contribution is 2.14. The topological polar surface area (TPSA) is 93.8 Å². The fourth-order valence-corrected chi connectivity index (χ4v) is 2.71. The smallest absolute Gasteiger partial charge is 0.271 e. The molecule has 0 unspecified atom stereocenters. The Hall–Kier alpha value is -2.94. The van der Waals surface area contributed by atoms with E-state index in [0.717, 1.165) is 0 Å². The number of aromatic nitrogens is 4. The minimum absolute atomic E-state index is 0.223. The quantitative estimate of drug-likeness (QED) is 0.706. The van der Waals surface area contributed by atoms with E-state index in [-0.39, 0.29) is 17.5 Å². The van der Waals surface area contributed by atoms with E-state index in [1.54, 1.807) is 36.1 Å². The van der Waals surface area contributed by atoms with Crippen molar-refractivity contribution in [2.45, 2.75) is 6.54 Å². The molecule has 3 aromatic heterocycles. The van der Waals surface area contributed by atoms with Gasteiger partial charge in [0.2, 0.25) is 0 Å². The summed E-state index contributed by atoms with van der Waals surface area (Å²) < 4.78 is 3.19. The molecule has 0 aliphatic rings. The van der Waals surface area contributed by atoms with E-state index in [9.17, 15) is 9.59 Å². The minimum atomic E-state index is -0.297. The maximum atomic E-state index is 12.1. The molecular weight excluding hydrogens is 328 g/mol. The van der Waals surface area contributed by atoms with Gasteiger partial charge in [-0.05, 0) is 17.5 Å². The first-order valence-corrected chi connectivity index (χ1v) is 8.16. The Balaban J connectivity index is 1.58. The number of anilines is 1. The average molecular weight is 344 g/mol. The zero-order chi connectivity index (χ0) is 16.9. The number of amides is 2. The van der Waals surface area contributed by atoms with E-state index in [0.29, 0.717) is 23.8 Å². The maximum absolute atomic E-state index is 12.1. The molecule has 0 aliphatic carbocycles. The summed E-state index contributed by atoms with van der Waals surface area (Å²) in [6.07, 6.45) is 3.51. The molecule has 2 amide bonds. The third-order valence-electron chi connectivity index (χ3n) is 3.28. The summed E-state index contributed by atoms with van der Waals surface area (Å²) >= 11 is 1.35. The Morgan fingerprint density at radius 3 is 2.88 bits per heavy atom. The lowest BCUT2D eigenvalue weighted by atomic mass is 10.3. The Morgan fingerprint density at radius 2 is 2.17 bits per heavy atom. The summed E-state index contributed by atoms with van der Waals surface area (Å²) in [4.78, 5) is 24.8. The molecule has 2 N–H and O–H groups in total. The summed E-state index contributed by atoms with van der Waals surface area (Å²) in [7, 11) is 1.67. The van der Waals surface area contributed by atoms with Gasteiger partial charge < -0.3 is 10.6 Å². The van der Waals surface area contributed by atoms with Gasteiger partial charge in [-0.1, -0.05) is 6.07 Å². The highest BCUT2D eigenvalue weighted by Gasteiger charge is 2.15. The van der Waals surface area contributed by atoms with Crippen molar-refractivity contribution in [3.63, 3.8) is 0 Å². The summed E-state index contributed by atoms with van der Waals surface area (Å²) in [5.41, 5.74) is 0.249. The minimum Gasteiger partial charge on any atom is -0.349 e. The van der Waals surface area contributed by atoms with Crippen LogP contribution in [0.25, 0.3) is 0 Å². The number of hydrogen-bond acceptors (Lipinski definition) is 5. The zero-order valence-electron chi connectivity index (χ0n) is 13.0. The Labute approximate surface area is 142 Å². The number of hydrogen-bond donors (Lipinski definition) is 2. The number of nitrogens with one attached hydrogen (secondary N) is 2. The molecule has 9 heteroatoms. The molecule has 3 aromatic rings. The monoisotopic (exact) mass is 344 g/mol. The second-order valence-electron chi connectivity index (χ2n) is 4.99. The summed E-state index contributed by atoms with van der Waals surface area (Å²) in [5, 5.41) is 15.5. The maximum Gasteiger partial charge on any atom is 0.271 e. The van der Waals surface area contributed by atoms with Crippen LogP contribution >= 0.6 is 11.3 Å². The number of rotatable bonds is 6. The van der Waals surface area contributed by atoms with Gasteiger partial charge in [0, 0.05) is 32.1 Å². The third-order valence-corrected chi connectivity index (χ3v) is 4.15. The Bertz CT molecular complexity index is 822. The predicted octanol–water partition coefficient (Wildman–Crippen LogP) is 1.36. The van der Waals surface area contributed by atoms with Crippen LogP contribution < -0.4 is 10.6 Å². The number of aryl methyl sites for hydroxylation is 1. The molecular formula is C15H16N6O2S. The van der Waals surface area contributed by atoms with E-state index >= 15 is 0 Å². The van der Waals surface area contributed by atoms with Crippen molar-refractivity contribution in [3.05, 3.63) is 52.6 Å². The van der Waals surface area contributed by atoms with E-state index in [4.69, 9.17) is 0 Å². The Morgan fingerprint density at radius 1 is 1.29 bits per heavy atom. The summed E-state index contributed by atoms with van der Waals surface area (Å²) in [5.74, 6) is -0.0568. The van der Waals surface area contributed by atoms with Crippen LogP contribution in [0.15, 0.2) is 42.0 Å². The molecule has 0 aliphatic heterocycles. The first-order valence-electron chi connectivity index (χ1n) is 7.28. The predicted molar refractivity (Wildman–Crippen MR) is 90.0 cm³/mol. The van der Waals surface area contributed by atoms with Crippen LogP contribution in [0.4, 0.5) is 5.82 Å². The summed E-state index contributed by atoms with van der Waals surface area (Å²) in [6, 6.07) is 6.92. The SMILES string of the molecule is Cn1nc(C(=O)NCCn2cccn2)cc1NC(=O)c1cccs1. The highest BCUT2D eigenvalue weighted by atomic mass is 32.1. The average Bonchev–Trinajstić information content (AvgIpc) is 3.29. The zero-order valence-corrected chi connectivity index (χ0v) is 13.8. The Kier molecular flexibility index (Phi) is 4.71. The van der Waals surface area contributed by atoms with Crippen LogP contribution in [0.1, 0.15) is 20.2 Å². The van der Waals surface area contributed by atoms with E-state index < -0.39 is 0 Å². The van der Waals surface area contributed by atoms with Gasteiger partial charge in [-0.25, -0.2) is 0 Å². The van der Waals surface area contributed by atoms with Gasteiger partial charge in [-0.15, -0.1) is 11.3 Å². The molecule has 0 saturated carbocycles. The second kappa shape index (κ2) is 7.09. The molecule has 24 heavy (non-hydrogen) atoms. The highest BCUT2D eigenvalue weighted by molar-refractivity contribution is 7.12. The second-order valence-corrected chi connectivity index (χ2v) is 5.94. The van der Waals surface area contributed by atoms with Crippen LogP contribution in [0.2, 0.25) is 0 Å². The van der Waals surface area contributed by atoms with E-state index in [1.165, 1.54) is 16.0 Å². The van der Waals surface area contributed by atoms with Crippen LogP contribution in [0, 0.1) is 0 Å². The van der Waals surface area contributed by atoms with Crippen molar-refractivity contribution in [3.8, 4) is 0 Å². The fraction of sp³-hybridized carbons (Fsp3) is 0.200. The molecule has 0 radical (unpaired) electrons. The first kappa shape index (κ1) is 15.9. The lowest BCUT2D eigenvalue weighted by Crippen LogP contribution is -2.27. The standard InChI is InChI=1S/C15H16N6O2S/c1-20-13(18-15(23)12-4-2-9-24-12)10-11(19-20)14(22)16-6-8-21-7-3-5-17-21/h2-5,7,9-10H,6,8H2,1H3,(H,16,22)(H,18,23). The van der Waals surface area contributed by atoms with Gasteiger partial charge in [0.1, 0.15) is 5.82 Å². The number of nitrogens with zero attached hydrogens (tertiary/aromatic N) is 4. The number of carbonyl (C=O) groups excluding carboxylic acids is 2. The van der Waals surface area contributed by atoms with Crippen LogP contribution in [0.3, 0.4) is 0 Å². The normalized spacial score (nSPS) is 10.5. The van der Waals surface area contributed by atoms with Gasteiger partial charge in [0.15, 0.2) is 5.69 Å².